The van der Waals surface area contributed by atoms with Crippen molar-refractivity contribution in [3.8, 4) is 5.75 Å². The number of ether oxygens (including phenoxy) is 1. The molecule has 1 aromatic carbocycles. The summed E-state index contributed by atoms with van der Waals surface area (Å²) in [7, 11) is 1.56. The first-order valence-corrected chi connectivity index (χ1v) is 7.21. The zero-order chi connectivity index (χ0) is 12.4. The topological polar surface area (TPSA) is 29.5 Å². The molecule has 0 amide bonds. The van der Waals surface area contributed by atoms with Crippen molar-refractivity contribution in [3.05, 3.63) is 48.7 Å². The third-order valence-electron chi connectivity index (χ3n) is 2.39. The van der Waals surface area contributed by atoms with Gasteiger partial charge in [-0.25, -0.2) is 0 Å². The van der Waals surface area contributed by atoms with E-state index >= 15 is 0 Å². The average Bonchev–Trinajstić information content (AvgIpc) is 2.75. The average molecular weight is 381 g/mol. The molecule has 0 aliphatic rings. The van der Waals surface area contributed by atoms with Crippen LogP contribution in [0, 0.1) is 2.88 Å². The Morgan fingerprint density at radius 3 is 2.71 bits per heavy atom. The molecule has 90 valence electrons. The molecule has 2 rings (SSSR count). The van der Waals surface area contributed by atoms with Gasteiger partial charge in [-0.15, -0.1) is 11.3 Å². The largest absolute Gasteiger partial charge is 0.495 e. The van der Waals surface area contributed by atoms with Gasteiger partial charge in [0.05, 0.1) is 15.0 Å². The van der Waals surface area contributed by atoms with Gasteiger partial charge in [0.25, 0.3) is 0 Å². The summed E-state index contributed by atoms with van der Waals surface area (Å²) in [5.74, 6) is 0.577. The van der Waals surface area contributed by atoms with Gasteiger partial charge in [-0.2, -0.15) is 0 Å². The molecular formula is C12H10ClIO2S. The van der Waals surface area contributed by atoms with Gasteiger partial charge in [0, 0.05) is 0 Å². The van der Waals surface area contributed by atoms with Crippen LogP contribution in [-0.4, -0.2) is 12.2 Å². The molecule has 0 spiro atoms. The predicted molar refractivity (Wildman–Crippen MR) is 79.1 cm³/mol. The van der Waals surface area contributed by atoms with Crippen LogP contribution < -0.4 is 4.74 Å². The van der Waals surface area contributed by atoms with Crippen molar-refractivity contribution in [2.75, 3.05) is 7.11 Å². The minimum absolute atomic E-state index is 0.545. The van der Waals surface area contributed by atoms with Crippen LogP contribution >= 0.6 is 45.5 Å². The second-order valence-electron chi connectivity index (χ2n) is 3.48. The third kappa shape index (κ3) is 2.93. The normalized spacial score (nSPS) is 12.5. The maximum Gasteiger partial charge on any atom is 0.137 e. The molecule has 0 saturated heterocycles. The second kappa shape index (κ2) is 5.56. The molecule has 0 bridgehead atoms. The Morgan fingerprint density at radius 1 is 1.35 bits per heavy atom. The number of aliphatic hydroxyl groups is 1. The molecule has 0 radical (unpaired) electrons. The Hall–Kier alpha value is -0.300. The van der Waals surface area contributed by atoms with Crippen LogP contribution in [0.25, 0.3) is 0 Å². The summed E-state index contributed by atoms with van der Waals surface area (Å²) in [5, 5.41) is 12.7. The standard InChI is InChI=1S/C12H10ClIO2S/c1-16-10-4-7(2-3-9(10)13)12(15)8-5-11(14)17-6-8/h2-6,12,15H,1H3. The quantitative estimate of drug-likeness (QED) is 0.813. The van der Waals surface area contributed by atoms with Crippen LogP contribution in [0.2, 0.25) is 5.02 Å². The summed E-state index contributed by atoms with van der Waals surface area (Å²) >= 11 is 9.79. The summed E-state index contributed by atoms with van der Waals surface area (Å²) in [6.45, 7) is 0. The number of halogens is 2. The Balaban J connectivity index is 2.34. The summed E-state index contributed by atoms with van der Waals surface area (Å²) in [6.07, 6.45) is -0.638. The molecule has 1 aromatic heterocycles. The van der Waals surface area contributed by atoms with Crippen molar-refractivity contribution in [3.63, 3.8) is 0 Å². The lowest BCUT2D eigenvalue weighted by molar-refractivity contribution is 0.220. The lowest BCUT2D eigenvalue weighted by Gasteiger charge is -2.11. The Kier molecular flexibility index (Phi) is 4.30. The van der Waals surface area contributed by atoms with Crippen LogP contribution in [0.1, 0.15) is 17.2 Å². The van der Waals surface area contributed by atoms with Crippen LogP contribution in [0.15, 0.2) is 29.6 Å². The zero-order valence-electron chi connectivity index (χ0n) is 8.98. The van der Waals surface area contributed by atoms with Gasteiger partial charge in [-0.3, -0.25) is 0 Å². The Morgan fingerprint density at radius 2 is 2.12 bits per heavy atom. The number of benzene rings is 1. The highest BCUT2D eigenvalue weighted by Gasteiger charge is 2.14. The highest BCUT2D eigenvalue weighted by atomic mass is 127. The smallest absolute Gasteiger partial charge is 0.137 e. The summed E-state index contributed by atoms with van der Waals surface area (Å²) < 4.78 is 6.29. The Labute approximate surface area is 122 Å². The van der Waals surface area contributed by atoms with E-state index in [0.29, 0.717) is 10.8 Å². The molecule has 1 unspecified atom stereocenters. The number of hydrogen-bond acceptors (Lipinski definition) is 3. The fourth-order valence-electron chi connectivity index (χ4n) is 1.51. The Bertz CT molecular complexity index is 527. The second-order valence-corrected chi connectivity index (χ2v) is 6.69. The summed E-state index contributed by atoms with van der Waals surface area (Å²) in [5.41, 5.74) is 1.67. The van der Waals surface area contributed by atoms with Crippen molar-refractivity contribution in [2.24, 2.45) is 0 Å². The van der Waals surface area contributed by atoms with E-state index < -0.39 is 6.10 Å². The molecule has 0 fully saturated rings. The monoisotopic (exact) mass is 380 g/mol. The first-order valence-electron chi connectivity index (χ1n) is 4.87. The van der Waals surface area contributed by atoms with Crippen molar-refractivity contribution < 1.29 is 9.84 Å². The van der Waals surface area contributed by atoms with Gasteiger partial charge in [-0.1, -0.05) is 17.7 Å². The first-order chi connectivity index (χ1) is 8.11. The van der Waals surface area contributed by atoms with Crippen molar-refractivity contribution >= 4 is 45.5 Å². The number of methoxy groups -OCH3 is 1. The predicted octanol–water partition coefficient (Wildman–Crippen LogP) is 4.10. The molecule has 17 heavy (non-hydrogen) atoms. The lowest BCUT2D eigenvalue weighted by Crippen LogP contribution is -1.98. The van der Waals surface area contributed by atoms with Gasteiger partial charge >= 0.3 is 0 Å². The maximum atomic E-state index is 10.2. The van der Waals surface area contributed by atoms with E-state index in [-0.39, 0.29) is 0 Å². The van der Waals surface area contributed by atoms with Gasteiger partial charge in [0.15, 0.2) is 0 Å². The van der Waals surface area contributed by atoms with Crippen LogP contribution in [0.3, 0.4) is 0 Å². The minimum Gasteiger partial charge on any atom is -0.495 e. The first kappa shape index (κ1) is 13.1. The molecule has 2 nitrogen and oxygen atoms in total. The van der Waals surface area contributed by atoms with Crippen molar-refractivity contribution in [2.45, 2.75) is 6.10 Å². The van der Waals surface area contributed by atoms with E-state index in [4.69, 9.17) is 16.3 Å². The molecule has 1 N–H and O–H groups in total. The highest BCUT2D eigenvalue weighted by Crippen LogP contribution is 2.32. The van der Waals surface area contributed by atoms with E-state index in [1.54, 1.807) is 36.6 Å². The van der Waals surface area contributed by atoms with Gasteiger partial charge in [0.1, 0.15) is 11.9 Å². The van der Waals surface area contributed by atoms with E-state index in [0.717, 1.165) is 14.0 Å². The van der Waals surface area contributed by atoms with Gasteiger partial charge in [0.2, 0.25) is 0 Å². The van der Waals surface area contributed by atoms with Crippen LogP contribution in [0.5, 0.6) is 5.75 Å². The number of rotatable bonds is 3. The summed E-state index contributed by atoms with van der Waals surface area (Å²) in [4.78, 5) is 0. The van der Waals surface area contributed by atoms with E-state index in [1.165, 1.54) is 0 Å². The molecule has 0 aliphatic carbocycles. The molecule has 0 saturated carbocycles. The molecular weight excluding hydrogens is 371 g/mol. The van der Waals surface area contributed by atoms with Crippen molar-refractivity contribution in [1.29, 1.82) is 0 Å². The molecule has 2 aromatic rings. The van der Waals surface area contributed by atoms with Crippen molar-refractivity contribution in [1.82, 2.24) is 0 Å². The molecule has 5 heteroatoms. The maximum absolute atomic E-state index is 10.2. The minimum atomic E-state index is -0.638. The molecule has 1 heterocycles. The van der Waals surface area contributed by atoms with E-state index in [9.17, 15) is 5.11 Å². The van der Waals surface area contributed by atoms with Crippen LogP contribution in [0.4, 0.5) is 0 Å². The number of thiophene rings is 1. The van der Waals surface area contributed by atoms with E-state index in [1.807, 2.05) is 11.4 Å². The highest BCUT2D eigenvalue weighted by molar-refractivity contribution is 14.1. The molecule has 0 aliphatic heterocycles. The lowest BCUT2D eigenvalue weighted by atomic mass is 10.0. The third-order valence-corrected chi connectivity index (χ3v) is 4.51. The number of aliphatic hydroxyl groups excluding tert-OH is 1. The van der Waals surface area contributed by atoms with Gasteiger partial charge < -0.3 is 9.84 Å². The fourth-order valence-corrected chi connectivity index (χ4v) is 3.09. The SMILES string of the molecule is COc1cc(C(O)c2csc(I)c2)ccc1Cl. The summed E-state index contributed by atoms with van der Waals surface area (Å²) in [6, 6.07) is 7.27. The number of hydrogen-bond donors (Lipinski definition) is 1. The fraction of sp³-hybridized carbons (Fsp3) is 0.167. The molecule has 1 atom stereocenters. The van der Waals surface area contributed by atoms with Crippen LogP contribution in [-0.2, 0) is 0 Å². The van der Waals surface area contributed by atoms with E-state index in [2.05, 4.69) is 22.6 Å². The van der Waals surface area contributed by atoms with Gasteiger partial charge in [-0.05, 0) is 57.3 Å². The zero-order valence-corrected chi connectivity index (χ0v) is 12.7.